The molecule has 1 aromatic carbocycles. The number of aliphatic imine (C=N–C) groups is 1. The fourth-order valence-corrected chi connectivity index (χ4v) is 5.68. The van der Waals surface area contributed by atoms with Crippen molar-refractivity contribution in [3.05, 3.63) is 70.6 Å². The van der Waals surface area contributed by atoms with Crippen molar-refractivity contribution in [1.82, 2.24) is 20.4 Å². The van der Waals surface area contributed by atoms with Crippen LogP contribution in [-0.4, -0.2) is 33.2 Å². The summed E-state index contributed by atoms with van der Waals surface area (Å²) in [5.74, 6) is 0.0543. The number of aryl methyl sites for hydroxylation is 1. The van der Waals surface area contributed by atoms with Crippen LogP contribution in [-0.2, 0) is 4.74 Å². The van der Waals surface area contributed by atoms with Crippen LogP contribution in [0.1, 0.15) is 82.2 Å². The molecule has 3 atom stereocenters. The zero-order chi connectivity index (χ0) is 25.2. The molecule has 2 fully saturated rings. The molecule has 1 saturated carbocycles. The Morgan fingerprint density at radius 3 is 2.67 bits per heavy atom. The van der Waals surface area contributed by atoms with E-state index in [1.165, 1.54) is 12.8 Å². The van der Waals surface area contributed by atoms with Crippen molar-refractivity contribution < 1.29 is 9.13 Å². The third-order valence-corrected chi connectivity index (χ3v) is 8.40. The zero-order valence-corrected chi connectivity index (χ0v) is 21.9. The van der Waals surface area contributed by atoms with Gasteiger partial charge in [-0.15, -0.1) is 0 Å². The van der Waals surface area contributed by atoms with Crippen molar-refractivity contribution >= 4 is 11.4 Å². The lowest BCUT2D eigenvalue weighted by atomic mass is 9.75. The highest BCUT2D eigenvalue weighted by atomic mass is 19.1. The van der Waals surface area contributed by atoms with Crippen molar-refractivity contribution in [2.75, 3.05) is 6.61 Å². The molecule has 7 heteroatoms. The normalized spacial score (nSPS) is 29.6. The minimum Gasteiger partial charge on any atom is -0.374 e. The summed E-state index contributed by atoms with van der Waals surface area (Å²) in [4.78, 5) is 4.98. The molecule has 4 aliphatic rings. The van der Waals surface area contributed by atoms with Crippen LogP contribution < -0.4 is 10.6 Å². The molecule has 36 heavy (non-hydrogen) atoms. The highest BCUT2D eigenvalue weighted by molar-refractivity contribution is 5.95. The number of nitrogens with one attached hydrogen (secondary N) is 2. The molecule has 1 aromatic heterocycles. The summed E-state index contributed by atoms with van der Waals surface area (Å²) in [7, 11) is 0. The first-order valence-electron chi connectivity index (χ1n) is 13.1. The number of hydrogen-bond acceptors (Lipinski definition) is 5. The number of rotatable bonds is 4. The summed E-state index contributed by atoms with van der Waals surface area (Å²) in [5, 5.41) is 12.1. The lowest BCUT2D eigenvalue weighted by Gasteiger charge is -2.46. The van der Waals surface area contributed by atoms with Crippen molar-refractivity contribution in [3.63, 3.8) is 0 Å². The maximum Gasteiger partial charge on any atom is 0.132 e. The van der Waals surface area contributed by atoms with Gasteiger partial charge in [0.05, 0.1) is 40.8 Å². The predicted octanol–water partition coefficient (Wildman–Crippen LogP) is 5.59. The molecule has 3 aliphatic heterocycles. The third kappa shape index (κ3) is 4.07. The number of halogens is 1. The number of ether oxygens (including phenoxy) is 1. The quantitative estimate of drug-likeness (QED) is 0.588. The molecule has 1 aliphatic carbocycles. The number of aromatic nitrogens is 2. The Kier molecular flexibility index (Phi) is 5.41. The number of dihydropyridines is 1. The van der Waals surface area contributed by atoms with Gasteiger partial charge in [0.2, 0.25) is 0 Å². The van der Waals surface area contributed by atoms with Gasteiger partial charge in [0, 0.05) is 29.6 Å². The first kappa shape index (κ1) is 23.5. The van der Waals surface area contributed by atoms with Crippen LogP contribution in [0.25, 0.3) is 5.70 Å². The maximum absolute atomic E-state index is 15.3. The molecule has 1 saturated heterocycles. The van der Waals surface area contributed by atoms with Crippen LogP contribution in [0.4, 0.5) is 4.39 Å². The molecule has 0 amide bonds. The zero-order valence-electron chi connectivity index (χ0n) is 21.9. The lowest BCUT2D eigenvalue weighted by Crippen LogP contribution is -2.55. The van der Waals surface area contributed by atoms with Gasteiger partial charge in [0.1, 0.15) is 11.5 Å². The van der Waals surface area contributed by atoms with Crippen LogP contribution in [0.5, 0.6) is 0 Å². The molecular formula is C29H36FN5O. The second-order valence-electron chi connectivity index (χ2n) is 11.7. The standard InChI is InChI=1S/C29H36FN5O/c1-17-6-9-22(23(30)12-17)26-27-24(33-28(3,4)18(2)32-27)14-29(5,34-26)20-10-11-36-25(13-20)19-15-31-35(16-19)21-7-8-21/h6,9,12,14-16,20-21,25,33-34H,7-8,10-11,13H2,1-5H3/t20-,25-,29?/m0/s1. The van der Waals surface area contributed by atoms with Gasteiger partial charge in [0.25, 0.3) is 0 Å². The monoisotopic (exact) mass is 489 g/mol. The van der Waals surface area contributed by atoms with Gasteiger partial charge in [0.15, 0.2) is 0 Å². The van der Waals surface area contributed by atoms with Gasteiger partial charge < -0.3 is 15.4 Å². The van der Waals surface area contributed by atoms with E-state index in [1.807, 2.05) is 32.2 Å². The number of benzene rings is 1. The topological polar surface area (TPSA) is 63.5 Å². The second-order valence-corrected chi connectivity index (χ2v) is 11.7. The highest BCUT2D eigenvalue weighted by Crippen LogP contribution is 2.44. The molecule has 0 spiro atoms. The third-order valence-electron chi connectivity index (χ3n) is 8.40. The summed E-state index contributed by atoms with van der Waals surface area (Å²) >= 11 is 0. The molecule has 4 heterocycles. The van der Waals surface area contributed by atoms with Crippen molar-refractivity contribution in [1.29, 1.82) is 0 Å². The molecule has 6 nitrogen and oxygen atoms in total. The van der Waals surface area contributed by atoms with E-state index in [-0.39, 0.29) is 23.4 Å². The Labute approximate surface area is 212 Å². The Balaban J connectivity index is 1.37. The Bertz CT molecular complexity index is 1300. The van der Waals surface area contributed by atoms with Crippen LogP contribution in [0.3, 0.4) is 0 Å². The van der Waals surface area contributed by atoms with E-state index in [0.717, 1.165) is 46.8 Å². The number of fused-ring (bicyclic) bond motifs is 1. The molecular weight excluding hydrogens is 453 g/mol. The van der Waals surface area contributed by atoms with Crippen LogP contribution in [0, 0.1) is 18.7 Å². The molecule has 190 valence electrons. The Morgan fingerprint density at radius 1 is 1.11 bits per heavy atom. The van der Waals surface area contributed by atoms with E-state index in [9.17, 15) is 0 Å². The van der Waals surface area contributed by atoms with Crippen LogP contribution in [0.2, 0.25) is 0 Å². The van der Waals surface area contributed by atoms with Gasteiger partial charge in [-0.1, -0.05) is 6.07 Å². The molecule has 1 unspecified atom stereocenters. The van der Waals surface area contributed by atoms with Crippen LogP contribution >= 0.6 is 0 Å². The Hall–Kier alpha value is -2.93. The first-order chi connectivity index (χ1) is 17.1. The van der Waals surface area contributed by atoms with E-state index in [2.05, 4.69) is 53.5 Å². The average Bonchev–Trinajstić information content (AvgIpc) is 3.56. The van der Waals surface area contributed by atoms with Gasteiger partial charge in [-0.2, -0.15) is 5.10 Å². The van der Waals surface area contributed by atoms with E-state index < -0.39 is 5.54 Å². The minimum atomic E-state index is -0.399. The second kappa shape index (κ2) is 8.30. The summed E-state index contributed by atoms with van der Waals surface area (Å²) in [6.45, 7) is 11.1. The SMILES string of the molecule is CC1=NC2=C(c3ccc(C)cc3F)NC(C)([C@H]3CCO[C@H](c4cnn(C5CC5)c4)C3)C=C2NC1(C)C. The van der Waals surface area contributed by atoms with E-state index in [4.69, 9.17) is 9.73 Å². The van der Waals surface area contributed by atoms with E-state index in [0.29, 0.717) is 18.2 Å². The molecule has 0 radical (unpaired) electrons. The fraction of sp³-hybridized carbons (Fsp3) is 0.517. The fourth-order valence-electron chi connectivity index (χ4n) is 5.68. The van der Waals surface area contributed by atoms with Crippen molar-refractivity contribution in [2.24, 2.45) is 10.9 Å². The molecule has 6 rings (SSSR count). The highest BCUT2D eigenvalue weighted by Gasteiger charge is 2.43. The van der Waals surface area contributed by atoms with Crippen molar-refractivity contribution in [2.45, 2.75) is 83.5 Å². The number of nitrogens with zero attached hydrogens (tertiary/aromatic N) is 3. The van der Waals surface area contributed by atoms with Crippen molar-refractivity contribution in [3.8, 4) is 0 Å². The van der Waals surface area contributed by atoms with Gasteiger partial charge >= 0.3 is 0 Å². The smallest absolute Gasteiger partial charge is 0.132 e. The lowest BCUT2D eigenvalue weighted by molar-refractivity contribution is -0.0245. The molecule has 0 bridgehead atoms. The summed E-state index contributed by atoms with van der Waals surface area (Å²) < 4.78 is 23.6. The average molecular weight is 490 g/mol. The molecule has 2 aromatic rings. The van der Waals surface area contributed by atoms with Gasteiger partial charge in [-0.05, 0) is 90.0 Å². The molecule has 2 N–H and O–H groups in total. The van der Waals surface area contributed by atoms with Crippen LogP contribution in [0.15, 0.2) is 53.1 Å². The minimum absolute atomic E-state index is 0.00855. The predicted molar refractivity (Wildman–Crippen MR) is 140 cm³/mol. The summed E-state index contributed by atoms with van der Waals surface area (Å²) in [5.41, 5.74) is 5.40. The maximum atomic E-state index is 15.3. The van der Waals surface area contributed by atoms with E-state index >= 15 is 4.39 Å². The summed E-state index contributed by atoms with van der Waals surface area (Å²) in [6, 6.07) is 5.98. The largest absolute Gasteiger partial charge is 0.374 e. The summed E-state index contributed by atoms with van der Waals surface area (Å²) in [6.07, 6.45) is 10.6. The number of hydrogen-bond donors (Lipinski definition) is 2. The van der Waals surface area contributed by atoms with Gasteiger partial charge in [-0.3, -0.25) is 9.67 Å². The Morgan fingerprint density at radius 2 is 1.92 bits per heavy atom. The van der Waals surface area contributed by atoms with E-state index in [1.54, 1.807) is 6.07 Å². The first-order valence-corrected chi connectivity index (χ1v) is 13.1. The van der Waals surface area contributed by atoms with Gasteiger partial charge in [-0.25, -0.2) is 4.39 Å².